The summed E-state index contributed by atoms with van der Waals surface area (Å²) in [4.78, 5) is 26.2. The van der Waals surface area contributed by atoms with E-state index in [2.05, 4.69) is 19.8 Å². The largest absolute Gasteiger partial charge is 0.354 e. The summed E-state index contributed by atoms with van der Waals surface area (Å²) >= 11 is 0. The summed E-state index contributed by atoms with van der Waals surface area (Å²) in [7, 11) is 0. The van der Waals surface area contributed by atoms with Gasteiger partial charge in [0, 0.05) is 34.4 Å². The zero-order valence-electron chi connectivity index (χ0n) is 23.8. The number of aromatic amines is 1. The second kappa shape index (κ2) is 6.24. The highest BCUT2D eigenvalue weighted by Crippen LogP contribution is 2.28. The molecule has 0 aliphatic carbocycles. The molecule has 7 heteroatoms. The molecule has 0 saturated carbocycles. The molecule has 2 aromatic heterocycles. The lowest BCUT2D eigenvalue weighted by atomic mass is 9.92. The molecule has 2 atom stereocenters. The number of amides is 1. The third kappa shape index (κ3) is 2.84. The predicted molar refractivity (Wildman–Crippen MR) is 87.9 cm³/mol. The topological polar surface area (TPSA) is 69.5 Å². The highest BCUT2D eigenvalue weighted by Gasteiger charge is 2.33. The second-order valence-corrected chi connectivity index (χ2v) is 4.82. The maximum atomic E-state index is 12.8. The van der Waals surface area contributed by atoms with Gasteiger partial charge in [-0.25, -0.2) is 16.5 Å². The Balaban J connectivity index is 2.34. The van der Waals surface area contributed by atoms with E-state index in [0.29, 0.717) is 9.80 Å². The first-order valence-corrected chi connectivity index (χ1v) is 6.66. The van der Waals surface area contributed by atoms with Crippen LogP contribution in [0.25, 0.3) is 15.9 Å². The van der Waals surface area contributed by atoms with Crippen molar-refractivity contribution in [3.63, 3.8) is 0 Å². The van der Waals surface area contributed by atoms with Gasteiger partial charge in [0.25, 0.3) is 6.50 Å². The molecular weight excluding hydrogens is 292 g/mol. The molecule has 1 saturated heterocycles. The van der Waals surface area contributed by atoms with E-state index in [0.717, 1.165) is 6.20 Å². The molecule has 7 nitrogen and oxygen atoms in total. The van der Waals surface area contributed by atoms with Gasteiger partial charge >= 0.3 is 5.91 Å². The third-order valence-electron chi connectivity index (χ3n) is 3.44. The first-order chi connectivity index (χ1) is 15.8. The Kier molecular flexibility index (Phi) is 1.76. The standard InChI is InChI=1S/C16H20N6O/c1-11-5-7-22(14(23)8-17-2)9-13(11)21(3)16-12-4-6-18-15(12)19-10-20-16/h4,6,10-11,13H,5,7-9H2,1,3H3,(H,18,19,20)/t11-,13+/m1/s1/i1D3,3D3,4D,8D2,9D2,10D. The van der Waals surface area contributed by atoms with Gasteiger partial charge in [-0.2, -0.15) is 0 Å². The van der Waals surface area contributed by atoms with Gasteiger partial charge in [0.15, 0.2) is 0 Å². The van der Waals surface area contributed by atoms with Crippen LogP contribution in [0.5, 0.6) is 0 Å². The fourth-order valence-electron chi connectivity index (χ4n) is 2.31. The summed E-state index contributed by atoms with van der Waals surface area (Å²) in [5.74, 6) is -3.89. The van der Waals surface area contributed by atoms with Gasteiger partial charge in [-0.15, -0.1) is 0 Å². The van der Waals surface area contributed by atoms with Crippen LogP contribution in [0.3, 0.4) is 0 Å². The zero-order chi connectivity index (χ0) is 26.7. The molecule has 1 N–H and O–H groups in total. The Hall–Kier alpha value is -2.62. The van der Waals surface area contributed by atoms with Crippen molar-refractivity contribution in [1.82, 2.24) is 19.9 Å². The molecule has 0 radical (unpaired) electrons. The van der Waals surface area contributed by atoms with E-state index >= 15 is 0 Å². The number of anilines is 1. The van der Waals surface area contributed by atoms with Crippen LogP contribution in [0, 0.1) is 12.5 Å². The highest BCUT2D eigenvalue weighted by molar-refractivity contribution is 5.87. The number of aromatic nitrogens is 3. The van der Waals surface area contributed by atoms with Crippen molar-refractivity contribution < 1.29 is 21.2 Å². The first-order valence-electron chi connectivity index (χ1n) is 12.7. The normalized spacial score (nSPS) is 32.7. The highest BCUT2D eigenvalue weighted by atomic mass is 16.2. The first kappa shape index (κ1) is 6.48. The molecule has 3 heterocycles. The average molecular weight is 324 g/mol. The lowest BCUT2D eigenvalue weighted by Crippen LogP contribution is -2.53. The van der Waals surface area contributed by atoms with Crippen LogP contribution in [0.2, 0.25) is 0 Å². The summed E-state index contributed by atoms with van der Waals surface area (Å²) in [5.41, 5.74) is -0.113. The van der Waals surface area contributed by atoms with Crippen LogP contribution in [0.15, 0.2) is 18.5 Å². The van der Waals surface area contributed by atoms with Gasteiger partial charge in [0.05, 0.1) is 15.5 Å². The number of rotatable bonds is 3. The van der Waals surface area contributed by atoms with E-state index in [1.807, 2.05) is 0 Å². The molecule has 23 heavy (non-hydrogen) atoms. The van der Waals surface area contributed by atoms with Gasteiger partial charge in [0.2, 0.25) is 0 Å². The van der Waals surface area contributed by atoms with Crippen molar-refractivity contribution in [2.24, 2.45) is 5.92 Å². The number of likely N-dealkylation sites (tertiary alicyclic amines) is 1. The number of H-pyrrole nitrogens is 1. The maximum Gasteiger partial charge on any atom is 0.302 e. The van der Waals surface area contributed by atoms with Gasteiger partial charge in [-0.05, 0) is 18.4 Å². The molecule has 1 aliphatic heterocycles. The number of piperidine rings is 1. The number of fused-ring (bicyclic) bond motifs is 1. The molecule has 0 bridgehead atoms. The Bertz CT molecular complexity index is 1180. The number of carbonyl (C=O) groups excluding carboxylic acids is 1. The smallest absolute Gasteiger partial charge is 0.302 e. The Morgan fingerprint density at radius 2 is 2.70 bits per heavy atom. The number of nitrogens with one attached hydrogen (secondary N) is 1. The summed E-state index contributed by atoms with van der Waals surface area (Å²) in [6, 6.07) is -2.46. The van der Waals surface area contributed by atoms with Crippen molar-refractivity contribution in [1.29, 1.82) is 0 Å². The molecule has 1 amide bonds. The van der Waals surface area contributed by atoms with Crippen molar-refractivity contribution >= 4 is 22.8 Å². The monoisotopic (exact) mass is 324 g/mol. The van der Waals surface area contributed by atoms with E-state index in [1.165, 1.54) is 0 Å². The molecule has 2 aromatic rings. The Morgan fingerprint density at radius 1 is 1.78 bits per heavy atom. The lowest BCUT2D eigenvalue weighted by Gasteiger charge is -2.41. The van der Waals surface area contributed by atoms with Crippen LogP contribution in [-0.2, 0) is 4.79 Å². The van der Waals surface area contributed by atoms with E-state index in [9.17, 15) is 4.79 Å². The quantitative estimate of drug-likeness (QED) is 0.870. The second-order valence-electron chi connectivity index (χ2n) is 4.82. The van der Waals surface area contributed by atoms with Crippen LogP contribution in [0.4, 0.5) is 5.82 Å². The van der Waals surface area contributed by atoms with Crippen molar-refractivity contribution in [3.05, 3.63) is 30.0 Å². The van der Waals surface area contributed by atoms with Crippen LogP contribution in [0.1, 0.15) is 29.7 Å². The summed E-state index contributed by atoms with van der Waals surface area (Å²) in [6.07, 6.45) is -0.00470. The molecule has 0 spiro atoms. The van der Waals surface area contributed by atoms with Gasteiger partial charge in [0.1, 0.15) is 21.9 Å². The zero-order valence-corrected chi connectivity index (χ0v) is 11.8. The summed E-state index contributed by atoms with van der Waals surface area (Å²) in [5, 5.41) is -0.211. The van der Waals surface area contributed by atoms with Crippen LogP contribution < -0.4 is 4.90 Å². The fourth-order valence-corrected chi connectivity index (χ4v) is 2.31. The van der Waals surface area contributed by atoms with E-state index in [1.54, 1.807) is 0 Å². The van der Waals surface area contributed by atoms with Crippen molar-refractivity contribution in [2.75, 3.05) is 31.4 Å². The minimum atomic E-state index is -3.29. The van der Waals surface area contributed by atoms with E-state index < -0.39 is 69.8 Å². The maximum absolute atomic E-state index is 12.8. The number of likely N-dealkylation sites (N-methyl/N-ethyl adjacent to an activating group) is 1. The minimum absolute atomic E-state index is 0.113. The number of hydrogen-bond acceptors (Lipinski definition) is 4. The van der Waals surface area contributed by atoms with Gasteiger partial charge in [-0.1, -0.05) is 6.85 Å². The summed E-state index contributed by atoms with van der Waals surface area (Å²) < 4.78 is 96.8. The predicted octanol–water partition coefficient (Wildman–Crippen LogP) is 1.55. The number of hydrogen-bond donors (Lipinski definition) is 1. The molecule has 1 aliphatic rings. The van der Waals surface area contributed by atoms with E-state index in [-0.39, 0.29) is 17.1 Å². The average Bonchev–Trinajstić information content (AvgIpc) is 3.07. The number of nitrogens with zero attached hydrogens (tertiary/aromatic N) is 5. The van der Waals surface area contributed by atoms with Crippen molar-refractivity contribution in [3.8, 4) is 0 Å². The van der Waals surface area contributed by atoms with Crippen LogP contribution in [-0.4, -0.2) is 58.3 Å². The van der Waals surface area contributed by atoms with Crippen molar-refractivity contribution in [2.45, 2.75) is 19.3 Å². The molecule has 3 rings (SSSR count). The summed E-state index contributed by atoms with van der Waals surface area (Å²) in [6.45, 7) is -6.17. The third-order valence-corrected chi connectivity index (χ3v) is 3.44. The fraction of sp³-hybridized carbons (Fsp3) is 0.500. The Labute approximate surface area is 152 Å². The molecule has 120 valence electrons. The SMILES string of the molecule is [2H]c1nc(N([C@@H]2[C@H](C([2H])([2H])[2H])CCN(C(=O)C([2H])([2H])[N+]#[C-])C2([2H])[2H])C([2H])([2H])[2H])c2c([2H])c[nH]c2n1. The van der Waals surface area contributed by atoms with E-state index in [4.69, 9.17) is 23.0 Å². The molecular formula is C16H20N6O. The number of carbonyl (C=O) groups is 1. The molecule has 0 aromatic carbocycles. The Morgan fingerprint density at radius 3 is 3.48 bits per heavy atom. The molecule has 0 unspecified atom stereocenters. The molecule has 1 fully saturated rings. The van der Waals surface area contributed by atoms with Gasteiger partial charge < -0.3 is 19.6 Å². The minimum Gasteiger partial charge on any atom is -0.354 e. The van der Waals surface area contributed by atoms with Crippen LogP contribution >= 0.6 is 0 Å². The van der Waals surface area contributed by atoms with Gasteiger partial charge in [-0.3, -0.25) is 4.79 Å². The lowest BCUT2D eigenvalue weighted by molar-refractivity contribution is -0.130.